The van der Waals surface area contributed by atoms with Gasteiger partial charge in [0.2, 0.25) is 0 Å². The number of amides is 2. The average Bonchev–Trinajstić information content (AvgIpc) is 3.12. The van der Waals surface area contributed by atoms with E-state index in [2.05, 4.69) is 5.32 Å². The molecule has 1 fully saturated rings. The van der Waals surface area contributed by atoms with Crippen molar-refractivity contribution in [2.45, 2.75) is 19.8 Å². The first-order valence-electron chi connectivity index (χ1n) is 8.22. The Morgan fingerprint density at radius 2 is 1.80 bits per heavy atom. The molecule has 2 aromatic rings. The molecule has 0 aliphatic carbocycles. The predicted octanol–water partition coefficient (Wildman–Crippen LogP) is 3.72. The third kappa shape index (κ3) is 3.77. The minimum absolute atomic E-state index is 0.111. The number of carbonyl (C=O) groups is 2. The van der Waals surface area contributed by atoms with Crippen molar-refractivity contribution in [2.24, 2.45) is 0 Å². The smallest absolute Gasteiger partial charge is 0.256 e. The van der Waals surface area contributed by atoms with Crippen LogP contribution in [0.2, 0.25) is 5.02 Å². The van der Waals surface area contributed by atoms with Crippen molar-refractivity contribution in [3.05, 3.63) is 58.1 Å². The topological polar surface area (TPSA) is 75.4 Å². The fraction of sp³-hybridized carbons (Fsp3) is 0.263. The molecule has 1 aliphatic rings. The number of nitrogen functional groups attached to an aromatic ring is 1. The molecule has 3 rings (SSSR count). The molecule has 0 atom stereocenters. The van der Waals surface area contributed by atoms with Gasteiger partial charge in [-0.1, -0.05) is 17.7 Å². The molecule has 0 radical (unpaired) electrons. The summed E-state index contributed by atoms with van der Waals surface area (Å²) in [5.74, 6) is -0.415. The fourth-order valence-corrected chi connectivity index (χ4v) is 3.14. The van der Waals surface area contributed by atoms with E-state index in [1.165, 1.54) is 0 Å². The number of hydrogen-bond acceptors (Lipinski definition) is 3. The Kier molecular flexibility index (Phi) is 4.95. The van der Waals surface area contributed by atoms with E-state index in [1.54, 1.807) is 41.3 Å². The zero-order valence-corrected chi connectivity index (χ0v) is 14.8. The van der Waals surface area contributed by atoms with Crippen LogP contribution in [-0.2, 0) is 0 Å². The van der Waals surface area contributed by atoms with Crippen LogP contribution >= 0.6 is 11.6 Å². The maximum absolute atomic E-state index is 12.8. The SMILES string of the molecule is Cc1ccc(N)cc1C(=O)Nc1ccc(Cl)cc1C(=O)N1CCCC1. The second-order valence-electron chi connectivity index (χ2n) is 6.22. The zero-order chi connectivity index (χ0) is 18.0. The van der Waals surface area contributed by atoms with Gasteiger partial charge in [-0.15, -0.1) is 0 Å². The molecule has 3 N–H and O–H groups in total. The lowest BCUT2D eigenvalue weighted by molar-refractivity contribution is 0.0794. The van der Waals surface area contributed by atoms with Crippen LogP contribution in [0.4, 0.5) is 11.4 Å². The highest BCUT2D eigenvalue weighted by Crippen LogP contribution is 2.25. The van der Waals surface area contributed by atoms with E-state index in [4.69, 9.17) is 17.3 Å². The van der Waals surface area contributed by atoms with Crippen molar-refractivity contribution in [1.82, 2.24) is 4.90 Å². The number of nitrogens with zero attached hydrogens (tertiary/aromatic N) is 1. The number of nitrogens with two attached hydrogens (primary N) is 1. The van der Waals surface area contributed by atoms with Crippen molar-refractivity contribution < 1.29 is 9.59 Å². The number of halogens is 1. The maximum Gasteiger partial charge on any atom is 0.256 e. The van der Waals surface area contributed by atoms with Gasteiger partial charge in [0.05, 0.1) is 11.3 Å². The molecule has 5 nitrogen and oxygen atoms in total. The number of aryl methyl sites for hydroxylation is 1. The molecule has 0 spiro atoms. The normalized spacial score (nSPS) is 13.8. The van der Waals surface area contributed by atoms with Gasteiger partial charge in [-0.25, -0.2) is 0 Å². The van der Waals surface area contributed by atoms with Crippen LogP contribution in [0.15, 0.2) is 36.4 Å². The van der Waals surface area contributed by atoms with Gasteiger partial charge in [0.1, 0.15) is 0 Å². The summed E-state index contributed by atoms with van der Waals surface area (Å²) in [6, 6.07) is 10.1. The second-order valence-corrected chi connectivity index (χ2v) is 6.65. The summed E-state index contributed by atoms with van der Waals surface area (Å²) in [5, 5.41) is 3.28. The molecule has 0 aromatic heterocycles. The van der Waals surface area contributed by atoms with E-state index in [1.807, 2.05) is 6.92 Å². The van der Waals surface area contributed by atoms with Crippen molar-refractivity contribution in [3.63, 3.8) is 0 Å². The van der Waals surface area contributed by atoms with Gasteiger partial charge in [-0.3, -0.25) is 9.59 Å². The van der Waals surface area contributed by atoms with Crippen molar-refractivity contribution in [1.29, 1.82) is 0 Å². The molecule has 2 amide bonds. The van der Waals surface area contributed by atoms with Crippen molar-refractivity contribution in [3.8, 4) is 0 Å². The third-order valence-electron chi connectivity index (χ3n) is 4.36. The van der Waals surface area contributed by atoms with Gasteiger partial charge in [0, 0.05) is 29.4 Å². The Labute approximate surface area is 151 Å². The number of nitrogens with one attached hydrogen (secondary N) is 1. The van der Waals surface area contributed by atoms with Gasteiger partial charge in [0.25, 0.3) is 11.8 Å². The summed E-state index contributed by atoms with van der Waals surface area (Å²) in [7, 11) is 0. The van der Waals surface area contributed by atoms with E-state index in [0.29, 0.717) is 27.5 Å². The average molecular weight is 358 g/mol. The lowest BCUT2D eigenvalue weighted by Gasteiger charge is -2.18. The number of carbonyl (C=O) groups excluding carboxylic acids is 2. The number of hydrogen-bond donors (Lipinski definition) is 2. The molecule has 1 saturated heterocycles. The molecule has 2 aromatic carbocycles. The first kappa shape index (κ1) is 17.3. The van der Waals surface area contributed by atoms with Crippen LogP contribution in [-0.4, -0.2) is 29.8 Å². The Morgan fingerprint density at radius 3 is 2.52 bits per heavy atom. The Morgan fingerprint density at radius 1 is 1.08 bits per heavy atom. The molecular formula is C19H20ClN3O2. The summed E-state index contributed by atoms with van der Waals surface area (Å²) >= 11 is 6.07. The van der Waals surface area contributed by atoms with E-state index < -0.39 is 0 Å². The van der Waals surface area contributed by atoms with Gasteiger partial charge >= 0.3 is 0 Å². The van der Waals surface area contributed by atoms with Crippen molar-refractivity contribution in [2.75, 3.05) is 24.1 Å². The van der Waals surface area contributed by atoms with E-state index in [-0.39, 0.29) is 11.8 Å². The monoisotopic (exact) mass is 357 g/mol. The lowest BCUT2D eigenvalue weighted by atomic mass is 10.1. The summed E-state index contributed by atoms with van der Waals surface area (Å²) in [6.45, 7) is 3.30. The van der Waals surface area contributed by atoms with Crippen LogP contribution in [0, 0.1) is 6.92 Å². The zero-order valence-electron chi connectivity index (χ0n) is 14.0. The van der Waals surface area contributed by atoms with Crippen LogP contribution in [0.25, 0.3) is 0 Å². The minimum atomic E-state index is -0.303. The van der Waals surface area contributed by atoms with Crippen LogP contribution in [0.5, 0.6) is 0 Å². The first-order valence-corrected chi connectivity index (χ1v) is 8.60. The molecule has 6 heteroatoms. The van der Waals surface area contributed by atoms with E-state index in [9.17, 15) is 9.59 Å². The third-order valence-corrected chi connectivity index (χ3v) is 4.59. The Balaban J connectivity index is 1.90. The maximum atomic E-state index is 12.8. The van der Waals surface area contributed by atoms with Crippen LogP contribution in [0.3, 0.4) is 0 Å². The Bertz CT molecular complexity index is 829. The molecule has 0 bridgehead atoms. The van der Waals surface area contributed by atoms with Crippen molar-refractivity contribution >= 4 is 34.8 Å². The molecular weight excluding hydrogens is 338 g/mol. The Hall–Kier alpha value is -2.53. The lowest BCUT2D eigenvalue weighted by Crippen LogP contribution is -2.29. The molecule has 1 heterocycles. The largest absolute Gasteiger partial charge is 0.399 e. The number of likely N-dealkylation sites (tertiary alicyclic amines) is 1. The van der Waals surface area contributed by atoms with E-state index in [0.717, 1.165) is 31.5 Å². The number of rotatable bonds is 3. The highest BCUT2D eigenvalue weighted by Gasteiger charge is 2.23. The van der Waals surface area contributed by atoms with Crippen LogP contribution in [0.1, 0.15) is 39.1 Å². The molecule has 0 unspecified atom stereocenters. The summed E-state index contributed by atoms with van der Waals surface area (Å²) in [4.78, 5) is 27.2. The standard InChI is InChI=1S/C19H20ClN3O2/c1-12-4-6-14(21)11-15(12)18(24)22-17-7-5-13(20)10-16(17)19(25)23-8-2-3-9-23/h4-7,10-11H,2-3,8-9,21H2,1H3,(H,22,24). The molecule has 0 saturated carbocycles. The second kappa shape index (κ2) is 7.15. The van der Waals surface area contributed by atoms with Crippen LogP contribution < -0.4 is 11.1 Å². The quantitative estimate of drug-likeness (QED) is 0.822. The summed E-state index contributed by atoms with van der Waals surface area (Å²) in [5.41, 5.74) is 8.45. The van der Waals surface area contributed by atoms with Gasteiger partial charge < -0.3 is 16.0 Å². The summed E-state index contributed by atoms with van der Waals surface area (Å²) in [6.07, 6.45) is 1.99. The fourth-order valence-electron chi connectivity index (χ4n) is 2.97. The molecule has 130 valence electrons. The highest BCUT2D eigenvalue weighted by molar-refractivity contribution is 6.31. The minimum Gasteiger partial charge on any atom is -0.399 e. The van der Waals surface area contributed by atoms with Gasteiger partial charge in [0.15, 0.2) is 0 Å². The van der Waals surface area contributed by atoms with Gasteiger partial charge in [-0.2, -0.15) is 0 Å². The first-order chi connectivity index (χ1) is 12.0. The van der Waals surface area contributed by atoms with E-state index >= 15 is 0 Å². The predicted molar refractivity (Wildman–Crippen MR) is 100 cm³/mol. The summed E-state index contributed by atoms with van der Waals surface area (Å²) < 4.78 is 0. The number of anilines is 2. The molecule has 25 heavy (non-hydrogen) atoms. The number of benzene rings is 2. The van der Waals surface area contributed by atoms with Gasteiger partial charge in [-0.05, 0) is 55.7 Å². The highest BCUT2D eigenvalue weighted by atomic mass is 35.5. The molecule has 1 aliphatic heterocycles.